The summed E-state index contributed by atoms with van der Waals surface area (Å²) in [6.45, 7) is 0.524. The van der Waals surface area contributed by atoms with Crippen molar-refractivity contribution in [2.75, 3.05) is 13.1 Å². The lowest BCUT2D eigenvalue weighted by molar-refractivity contribution is -0.141. The Morgan fingerprint density at radius 1 is 1.00 bits per heavy atom. The Hall–Kier alpha value is -2.83. The second kappa shape index (κ2) is 6.58. The van der Waals surface area contributed by atoms with Crippen molar-refractivity contribution in [2.24, 2.45) is 5.92 Å². The van der Waals surface area contributed by atoms with E-state index in [2.05, 4.69) is 0 Å². The third kappa shape index (κ3) is 3.35. The zero-order valence-electron chi connectivity index (χ0n) is 13.0. The number of carbonyl (C=O) groups excluding carboxylic acids is 1. The molecule has 3 rings (SSSR count). The van der Waals surface area contributed by atoms with Gasteiger partial charge in [0.1, 0.15) is 0 Å². The van der Waals surface area contributed by atoms with Crippen LogP contribution in [0.15, 0.2) is 36.4 Å². The second-order valence-corrected chi connectivity index (χ2v) is 5.91. The number of hydrogen-bond donors (Lipinski definition) is 1. The molecule has 1 aliphatic heterocycles. The molecule has 0 radical (unpaired) electrons. The summed E-state index contributed by atoms with van der Waals surface area (Å²) in [5, 5.41) is 8.98. The van der Waals surface area contributed by atoms with E-state index in [1.54, 1.807) is 0 Å². The van der Waals surface area contributed by atoms with Crippen LogP contribution in [0.1, 0.15) is 16.8 Å². The van der Waals surface area contributed by atoms with Crippen molar-refractivity contribution < 1.29 is 27.9 Å². The maximum Gasteiger partial charge on any atom is 0.308 e. The largest absolute Gasteiger partial charge is 0.481 e. The summed E-state index contributed by atoms with van der Waals surface area (Å²) in [5.74, 6) is -5.89. The highest BCUT2D eigenvalue weighted by atomic mass is 19.2. The first-order valence-electron chi connectivity index (χ1n) is 7.64. The summed E-state index contributed by atoms with van der Waals surface area (Å²) in [7, 11) is 0. The number of amides is 1. The van der Waals surface area contributed by atoms with Crippen LogP contribution in [0.3, 0.4) is 0 Å². The first kappa shape index (κ1) is 17.0. The molecule has 0 saturated carbocycles. The Bertz CT molecular complexity index is 813. The van der Waals surface area contributed by atoms with E-state index >= 15 is 0 Å². The minimum absolute atomic E-state index is 0.155. The lowest BCUT2D eigenvalue weighted by Gasteiger charge is -2.16. The number of aliphatic carboxylic acids is 1. The van der Waals surface area contributed by atoms with E-state index in [1.165, 1.54) is 29.2 Å². The van der Waals surface area contributed by atoms with Gasteiger partial charge in [0.2, 0.25) is 0 Å². The topological polar surface area (TPSA) is 57.6 Å². The molecule has 1 aliphatic rings. The monoisotopic (exact) mass is 349 g/mol. The summed E-state index contributed by atoms with van der Waals surface area (Å²) in [6.07, 6.45) is 0.410. The van der Waals surface area contributed by atoms with Crippen LogP contribution in [-0.4, -0.2) is 35.0 Å². The van der Waals surface area contributed by atoms with Crippen molar-refractivity contribution >= 4 is 11.9 Å². The van der Waals surface area contributed by atoms with Gasteiger partial charge in [-0.2, -0.15) is 0 Å². The molecule has 1 atom stereocenters. The number of likely N-dealkylation sites (tertiary alicyclic amines) is 1. The first-order valence-corrected chi connectivity index (χ1v) is 7.64. The van der Waals surface area contributed by atoms with E-state index in [1.807, 2.05) is 0 Å². The van der Waals surface area contributed by atoms with Crippen molar-refractivity contribution in [3.05, 3.63) is 59.4 Å². The Morgan fingerprint density at radius 3 is 2.12 bits per heavy atom. The number of benzene rings is 2. The van der Waals surface area contributed by atoms with E-state index in [-0.39, 0.29) is 18.0 Å². The molecule has 130 valence electrons. The highest BCUT2D eigenvalue weighted by molar-refractivity contribution is 5.95. The zero-order chi connectivity index (χ0) is 18.1. The second-order valence-electron chi connectivity index (χ2n) is 5.91. The molecular formula is C18H14F3NO3. The fourth-order valence-electron chi connectivity index (χ4n) is 2.86. The Balaban J connectivity index is 1.79. The van der Waals surface area contributed by atoms with Gasteiger partial charge in [0.15, 0.2) is 17.5 Å². The molecule has 1 N–H and O–H groups in total. The van der Waals surface area contributed by atoms with Crippen molar-refractivity contribution in [1.29, 1.82) is 0 Å². The van der Waals surface area contributed by atoms with Crippen LogP contribution in [-0.2, 0) is 4.79 Å². The van der Waals surface area contributed by atoms with E-state index in [0.717, 1.165) is 12.1 Å². The Labute approximate surface area is 141 Å². The summed E-state index contributed by atoms with van der Waals surface area (Å²) < 4.78 is 39.6. The van der Waals surface area contributed by atoms with Crippen LogP contribution in [0.2, 0.25) is 0 Å². The first-order chi connectivity index (χ1) is 11.9. The lowest BCUT2D eigenvalue weighted by Crippen LogP contribution is -2.29. The maximum atomic E-state index is 13.3. The molecule has 1 heterocycles. The molecule has 7 heteroatoms. The van der Waals surface area contributed by atoms with Gasteiger partial charge in [-0.1, -0.05) is 12.1 Å². The fourth-order valence-corrected chi connectivity index (χ4v) is 2.86. The summed E-state index contributed by atoms with van der Waals surface area (Å²) in [4.78, 5) is 24.8. The molecule has 0 bridgehead atoms. The third-order valence-corrected chi connectivity index (χ3v) is 4.27. The quantitative estimate of drug-likeness (QED) is 0.865. The highest BCUT2D eigenvalue weighted by Gasteiger charge is 2.31. The average Bonchev–Trinajstić information content (AvgIpc) is 3.09. The zero-order valence-corrected chi connectivity index (χ0v) is 13.0. The molecule has 1 saturated heterocycles. The van der Waals surface area contributed by atoms with Crippen LogP contribution in [0.5, 0.6) is 0 Å². The van der Waals surface area contributed by atoms with Crippen molar-refractivity contribution in [3.8, 4) is 11.1 Å². The molecular weight excluding hydrogens is 335 g/mol. The number of carboxylic acids is 1. The van der Waals surface area contributed by atoms with Gasteiger partial charge in [0, 0.05) is 18.7 Å². The molecule has 1 unspecified atom stereocenters. The van der Waals surface area contributed by atoms with Gasteiger partial charge in [-0.3, -0.25) is 9.59 Å². The molecule has 0 aliphatic carbocycles. The molecule has 25 heavy (non-hydrogen) atoms. The normalized spacial score (nSPS) is 16.9. The van der Waals surface area contributed by atoms with Crippen LogP contribution in [0.25, 0.3) is 11.1 Å². The fraction of sp³-hybridized carbons (Fsp3) is 0.222. The Morgan fingerprint density at radius 2 is 1.60 bits per heavy atom. The van der Waals surface area contributed by atoms with E-state index in [0.29, 0.717) is 24.1 Å². The number of halogens is 3. The van der Waals surface area contributed by atoms with Gasteiger partial charge in [0.05, 0.1) is 5.92 Å². The summed E-state index contributed by atoms with van der Waals surface area (Å²) >= 11 is 0. The number of nitrogens with zero attached hydrogens (tertiary/aromatic N) is 1. The number of carboxylic acid groups (broad SMARTS) is 1. The van der Waals surface area contributed by atoms with Gasteiger partial charge in [0.25, 0.3) is 5.91 Å². The van der Waals surface area contributed by atoms with E-state index in [4.69, 9.17) is 5.11 Å². The maximum absolute atomic E-state index is 13.3. The SMILES string of the molecule is O=C(O)C1CCN(C(=O)c2ccc(-c3cc(F)c(F)c(F)c3)cc2)C1. The number of rotatable bonds is 3. The Kier molecular flexibility index (Phi) is 4.48. The van der Waals surface area contributed by atoms with Crippen LogP contribution in [0.4, 0.5) is 13.2 Å². The van der Waals surface area contributed by atoms with Gasteiger partial charge in [-0.15, -0.1) is 0 Å². The average molecular weight is 349 g/mol. The van der Waals surface area contributed by atoms with E-state index < -0.39 is 29.3 Å². The molecule has 4 nitrogen and oxygen atoms in total. The lowest BCUT2D eigenvalue weighted by atomic mass is 10.0. The number of hydrogen-bond acceptors (Lipinski definition) is 2. The molecule has 2 aromatic rings. The smallest absolute Gasteiger partial charge is 0.308 e. The molecule has 0 aromatic heterocycles. The summed E-state index contributed by atoms with van der Waals surface area (Å²) in [6, 6.07) is 7.75. The van der Waals surface area contributed by atoms with Crippen LogP contribution >= 0.6 is 0 Å². The molecule has 1 amide bonds. The van der Waals surface area contributed by atoms with Crippen LogP contribution < -0.4 is 0 Å². The van der Waals surface area contributed by atoms with E-state index in [9.17, 15) is 22.8 Å². The molecule has 0 spiro atoms. The van der Waals surface area contributed by atoms with Crippen molar-refractivity contribution in [3.63, 3.8) is 0 Å². The van der Waals surface area contributed by atoms with Gasteiger partial charge in [-0.05, 0) is 41.8 Å². The van der Waals surface area contributed by atoms with Gasteiger partial charge < -0.3 is 10.0 Å². The third-order valence-electron chi connectivity index (χ3n) is 4.27. The van der Waals surface area contributed by atoms with Crippen molar-refractivity contribution in [2.45, 2.75) is 6.42 Å². The summed E-state index contributed by atoms with van der Waals surface area (Å²) in [5.41, 5.74) is 0.930. The van der Waals surface area contributed by atoms with Crippen LogP contribution in [0, 0.1) is 23.4 Å². The predicted octanol–water partition coefficient (Wildman–Crippen LogP) is 3.32. The molecule has 1 fully saturated rings. The minimum Gasteiger partial charge on any atom is -0.481 e. The standard InChI is InChI=1S/C18H14F3NO3/c19-14-7-13(8-15(20)16(14)21)10-1-3-11(4-2-10)17(23)22-6-5-12(9-22)18(24)25/h1-4,7-8,12H,5-6,9H2,(H,24,25). The minimum atomic E-state index is -1.53. The highest BCUT2D eigenvalue weighted by Crippen LogP contribution is 2.25. The van der Waals surface area contributed by atoms with Crippen molar-refractivity contribution in [1.82, 2.24) is 4.90 Å². The van der Waals surface area contributed by atoms with Gasteiger partial charge >= 0.3 is 5.97 Å². The predicted molar refractivity (Wildman–Crippen MR) is 83.4 cm³/mol. The number of carbonyl (C=O) groups is 2. The van der Waals surface area contributed by atoms with Gasteiger partial charge in [-0.25, -0.2) is 13.2 Å². The molecule has 2 aromatic carbocycles.